The Bertz CT molecular complexity index is 547. The van der Waals surface area contributed by atoms with Crippen LogP contribution in [-0.2, 0) is 4.79 Å². The summed E-state index contributed by atoms with van der Waals surface area (Å²) < 4.78 is 0. The van der Waals surface area contributed by atoms with Crippen LogP contribution in [0, 0.1) is 22.0 Å². The Morgan fingerprint density at radius 3 is 2.76 bits per heavy atom. The number of nitrogens with zero attached hydrogens (tertiary/aromatic N) is 2. The van der Waals surface area contributed by atoms with Gasteiger partial charge in [0.05, 0.1) is 16.9 Å². The van der Waals surface area contributed by atoms with Crippen LogP contribution in [0.25, 0.3) is 0 Å². The number of amides is 1. The molecule has 6 heteroatoms. The third kappa shape index (κ3) is 3.21. The van der Waals surface area contributed by atoms with Crippen LogP contribution < -0.4 is 5.32 Å². The van der Waals surface area contributed by atoms with Gasteiger partial charge < -0.3 is 10.2 Å². The van der Waals surface area contributed by atoms with Crippen molar-refractivity contribution in [1.82, 2.24) is 10.2 Å². The molecular weight excluding hydrogens is 270 g/mol. The molecule has 0 aliphatic carbocycles. The maximum absolute atomic E-state index is 12.5. The average molecular weight is 291 g/mol. The second-order valence-corrected chi connectivity index (χ2v) is 5.72. The highest BCUT2D eigenvalue weighted by atomic mass is 16.6. The van der Waals surface area contributed by atoms with E-state index in [1.165, 1.54) is 12.1 Å². The van der Waals surface area contributed by atoms with Gasteiger partial charge in [-0.2, -0.15) is 0 Å². The van der Waals surface area contributed by atoms with E-state index in [2.05, 4.69) is 12.2 Å². The fourth-order valence-electron chi connectivity index (χ4n) is 2.71. The Morgan fingerprint density at radius 1 is 1.48 bits per heavy atom. The molecule has 1 aliphatic heterocycles. The van der Waals surface area contributed by atoms with Gasteiger partial charge in [0.25, 0.3) is 5.69 Å². The highest BCUT2D eigenvalue weighted by Gasteiger charge is 2.33. The Labute approximate surface area is 124 Å². The van der Waals surface area contributed by atoms with Gasteiger partial charge in [-0.05, 0) is 24.9 Å². The number of nitro groups is 1. The molecule has 1 unspecified atom stereocenters. The van der Waals surface area contributed by atoms with Gasteiger partial charge in [-0.25, -0.2) is 0 Å². The minimum absolute atomic E-state index is 0.0175. The van der Waals surface area contributed by atoms with Gasteiger partial charge in [-0.15, -0.1) is 0 Å². The second-order valence-electron chi connectivity index (χ2n) is 5.72. The first kappa shape index (κ1) is 15.4. The van der Waals surface area contributed by atoms with Crippen LogP contribution in [0.3, 0.4) is 0 Å². The lowest BCUT2D eigenvalue weighted by atomic mass is 9.95. The molecule has 1 N–H and O–H groups in total. The van der Waals surface area contributed by atoms with Crippen LogP contribution in [0.4, 0.5) is 5.69 Å². The van der Waals surface area contributed by atoms with Crippen LogP contribution in [0.1, 0.15) is 25.5 Å². The predicted molar refractivity (Wildman–Crippen MR) is 79.8 cm³/mol. The Morgan fingerprint density at radius 2 is 2.19 bits per heavy atom. The largest absolute Gasteiger partial charge is 0.339 e. The minimum atomic E-state index is -0.416. The molecule has 6 nitrogen and oxygen atoms in total. The molecule has 1 saturated heterocycles. The SMILES string of the molecule is CC(c1cccc([N+](=O)[O-])c1)N(C)C(=O)[C@@H]1CNC[C@H]1C. The van der Waals surface area contributed by atoms with E-state index in [4.69, 9.17) is 0 Å². The molecule has 0 bridgehead atoms. The molecule has 1 heterocycles. The Kier molecular flexibility index (Phi) is 4.57. The Balaban J connectivity index is 2.15. The number of benzene rings is 1. The van der Waals surface area contributed by atoms with Crippen molar-refractivity contribution in [1.29, 1.82) is 0 Å². The molecule has 0 spiro atoms. The summed E-state index contributed by atoms with van der Waals surface area (Å²) in [5.74, 6) is 0.389. The smallest absolute Gasteiger partial charge is 0.269 e. The minimum Gasteiger partial charge on any atom is -0.339 e. The molecule has 1 aliphatic rings. The van der Waals surface area contributed by atoms with Crippen molar-refractivity contribution in [3.8, 4) is 0 Å². The third-order valence-corrected chi connectivity index (χ3v) is 4.33. The zero-order valence-electron chi connectivity index (χ0n) is 12.6. The zero-order valence-corrected chi connectivity index (χ0v) is 12.6. The topological polar surface area (TPSA) is 75.5 Å². The van der Waals surface area contributed by atoms with Crippen molar-refractivity contribution >= 4 is 11.6 Å². The summed E-state index contributed by atoms with van der Waals surface area (Å²) in [6.45, 7) is 5.51. The molecule has 1 aromatic carbocycles. The fraction of sp³-hybridized carbons (Fsp3) is 0.533. The van der Waals surface area contributed by atoms with Crippen LogP contribution >= 0.6 is 0 Å². The van der Waals surface area contributed by atoms with Gasteiger partial charge in [-0.1, -0.05) is 19.1 Å². The first-order valence-corrected chi connectivity index (χ1v) is 7.13. The summed E-state index contributed by atoms with van der Waals surface area (Å²) in [5, 5.41) is 14.1. The van der Waals surface area contributed by atoms with Crippen molar-refractivity contribution in [2.24, 2.45) is 11.8 Å². The maximum atomic E-state index is 12.5. The summed E-state index contributed by atoms with van der Waals surface area (Å²) in [7, 11) is 1.76. The number of carbonyl (C=O) groups is 1. The maximum Gasteiger partial charge on any atom is 0.269 e. The number of rotatable bonds is 4. The standard InChI is InChI=1S/C15H21N3O3/c1-10-8-16-9-14(10)15(19)17(3)11(2)12-5-4-6-13(7-12)18(20)21/h4-7,10-11,14,16H,8-9H2,1-3H3/t10-,11?,14-/m1/s1. The zero-order chi connectivity index (χ0) is 15.6. The van der Waals surface area contributed by atoms with E-state index in [9.17, 15) is 14.9 Å². The third-order valence-electron chi connectivity index (χ3n) is 4.33. The van der Waals surface area contributed by atoms with Gasteiger partial charge in [0.15, 0.2) is 0 Å². The van der Waals surface area contributed by atoms with Gasteiger partial charge in [0.2, 0.25) is 5.91 Å². The molecule has 1 amide bonds. The summed E-state index contributed by atoms with van der Waals surface area (Å²) in [6, 6.07) is 6.27. The predicted octanol–water partition coefficient (Wildman–Crippen LogP) is 1.97. The molecule has 0 radical (unpaired) electrons. The lowest BCUT2D eigenvalue weighted by molar-refractivity contribution is -0.384. The van der Waals surface area contributed by atoms with Crippen LogP contribution in [0.2, 0.25) is 0 Å². The van der Waals surface area contributed by atoms with E-state index in [1.807, 2.05) is 13.0 Å². The van der Waals surface area contributed by atoms with E-state index in [1.54, 1.807) is 18.0 Å². The van der Waals surface area contributed by atoms with Crippen molar-refractivity contribution in [3.63, 3.8) is 0 Å². The van der Waals surface area contributed by atoms with E-state index < -0.39 is 4.92 Å². The number of nitrogens with one attached hydrogen (secondary N) is 1. The monoisotopic (exact) mass is 291 g/mol. The summed E-state index contributed by atoms with van der Waals surface area (Å²) in [4.78, 5) is 24.7. The number of hydrogen-bond donors (Lipinski definition) is 1. The molecule has 21 heavy (non-hydrogen) atoms. The van der Waals surface area contributed by atoms with Gasteiger partial charge in [0.1, 0.15) is 0 Å². The van der Waals surface area contributed by atoms with Crippen molar-refractivity contribution in [2.75, 3.05) is 20.1 Å². The molecule has 0 saturated carbocycles. The number of nitro benzene ring substituents is 1. The molecule has 0 aromatic heterocycles. The fourth-order valence-corrected chi connectivity index (χ4v) is 2.71. The van der Waals surface area contributed by atoms with Crippen molar-refractivity contribution < 1.29 is 9.72 Å². The highest BCUT2D eigenvalue weighted by molar-refractivity contribution is 5.80. The number of hydrogen-bond acceptors (Lipinski definition) is 4. The Hall–Kier alpha value is -1.95. The quantitative estimate of drug-likeness (QED) is 0.679. The van der Waals surface area contributed by atoms with E-state index >= 15 is 0 Å². The first-order valence-electron chi connectivity index (χ1n) is 7.13. The first-order chi connectivity index (χ1) is 9.91. The molecule has 1 aromatic rings. The van der Waals surface area contributed by atoms with Crippen molar-refractivity contribution in [2.45, 2.75) is 19.9 Å². The second kappa shape index (κ2) is 6.22. The van der Waals surface area contributed by atoms with E-state index in [-0.39, 0.29) is 23.6 Å². The number of non-ortho nitro benzene ring substituents is 1. The normalized spacial score (nSPS) is 22.8. The summed E-state index contributed by atoms with van der Waals surface area (Å²) >= 11 is 0. The summed E-state index contributed by atoms with van der Waals surface area (Å²) in [5.41, 5.74) is 0.828. The average Bonchev–Trinajstić information content (AvgIpc) is 2.91. The van der Waals surface area contributed by atoms with Crippen molar-refractivity contribution in [3.05, 3.63) is 39.9 Å². The lowest BCUT2D eigenvalue weighted by Crippen LogP contribution is -2.37. The highest BCUT2D eigenvalue weighted by Crippen LogP contribution is 2.26. The van der Waals surface area contributed by atoms with E-state index in [0.717, 1.165) is 12.1 Å². The number of carbonyl (C=O) groups excluding carboxylic acids is 1. The van der Waals surface area contributed by atoms with Gasteiger partial charge >= 0.3 is 0 Å². The van der Waals surface area contributed by atoms with Gasteiger partial charge in [-0.3, -0.25) is 14.9 Å². The van der Waals surface area contributed by atoms with Crippen LogP contribution in [-0.4, -0.2) is 35.9 Å². The van der Waals surface area contributed by atoms with Gasteiger partial charge in [0, 0.05) is 25.7 Å². The molecule has 2 rings (SSSR count). The van der Waals surface area contributed by atoms with E-state index in [0.29, 0.717) is 12.5 Å². The molecular formula is C15H21N3O3. The van der Waals surface area contributed by atoms with Crippen LogP contribution in [0.5, 0.6) is 0 Å². The lowest BCUT2D eigenvalue weighted by Gasteiger charge is -2.29. The molecule has 3 atom stereocenters. The molecule has 1 fully saturated rings. The summed E-state index contributed by atoms with van der Waals surface area (Å²) in [6.07, 6.45) is 0. The molecule has 114 valence electrons. The van der Waals surface area contributed by atoms with Crippen LogP contribution in [0.15, 0.2) is 24.3 Å².